The highest BCUT2D eigenvalue weighted by Gasteiger charge is 2.29. The zero-order chi connectivity index (χ0) is 14.9. The van der Waals surface area contributed by atoms with Gasteiger partial charge in [-0.05, 0) is 37.5 Å². The van der Waals surface area contributed by atoms with Crippen molar-refractivity contribution in [2.24, 2.45) is 0 Å². The summed E-state index contributed by atoms with van der Waals surface area (Å²) in [4.78, 5) is -0.0416. The van der Waals surface area contributed by atoms with Crippen LogP contribution in [0.4, 0.5) is 5.69 Å². The van der Waals surface area contributed by atoms with Gasteiger partial charge < -0.3 is 10.8 Å². The molecule has 1 aromatic carbocycles. The molecule has 1 aromatic rings. The van der Waals surface area contributed by atoms with Crippen LogP contribution in [-0.2, 0) is 10.0 Å². The van der Waals surface area contributed by atoms with Crippen LogP contribution in [0.5, 0.6) is 0 Å². The van der Waals surface area contributed by atoms with Crippen LogP contribution in [0.2, 0.25) is 5.02 Å². The predicted molar refractivity (Wildman–Crippen MR) is 79.2 cm³/mol. The molecule has 7 heteroatoms. The van der Waals surface area contributed by atoms with Crippen LogP contribution in [0.15, 0.2) is 17.0 Å². The Bertz CT molecular complexity index is 604. The maximum absolute atomic E-state index is 12.4. The van der Waals surface area contributed by atoms with Crippen LogP contribution in [0, 0.1) is 6.92 Å². The van der Waals surface area contributed by atoms with Crippen LogP contribution < -0.4 is 10.5 Å². The maximum Gasteiger partial charge on any atom is 0.242 e. The molecule has 0 amide bonds. The molecule has 2 atom stereocenters. The molecule has 0 saturated heterocycles. The maximum atomic E-state index is 12.4. The summed E-state index contributed by atoms with van der Waals surface area (Å²) >= 11 is 6.00. The Hall–Kier alpha value is -0.820. The van der Waals surface area contributed by atoms with Gasteiger partial charge in [0.15, 0.2) is 0 Å². The number of halogens is 1. The first-order valence-corrected chi connectivity index (χ1v) is 8.43. The van der Waals surface area contributed by atoms with Gasteiger partial charge in [0.2, 0.25) is 10.0 Å². The lowest BCUT2D eigenvalue weighted by molar-refractivity contribution is 0.101. The van der Waals surface area contributed by atoms with E-state index >= 15 is 0 Å². The number of rotatable bonds is 3. The lowest BCUT2D eigenvalue weighted by atomic mass is 9.93. The Balaban J connectivity index is 2.28. The molecule has 0 bridgehead atoms. The molecule has 0 radical (unpaired) electrons. The molecule has 2 rings (SSSR count). The second kappa shape index (κ2) is 5.89. The van der Waals surface area contributed by atoms with Crippen LogP contribution in [0.25, 0.3) is 0 Å². The summed E-state index contributed by atoms with van der Waals surface area (Å²) in [5, 5.41) is 10.00. The Kier molecular flexibility index (Phi) is 4.59. The summed E-state index contributed by atoms with van der Waals surface area (Å²) < 4.78 is 27.3. The van der Waals surface area contributed by atoms with E-state index in [9.17, 15) is 13.5 Å². The van der Waals surface area contributed by atoms with Crippen LogP contribution in [0.1, 0.15) is 31.2 Å². The van der Waals surface area contributed by atoms with Gasteiger partial charge in [-0.25, -0.2) is 13.1 Å². The zero-order valence-corrected chi connectivity index (χ0v) is 12.8. The van der Waals surface area contributed by atoms with E-state index in [0.29, 0.717) is 18.5 Å². The fourth-order valence-corrected chi connectivity index (χ4v) is 4.31. The van der Waals surface area contributed by atoms with E-state index in [2.05, 4.69) is 4.72 Å². The molecule has 5 nitrogen and oxygen atoms in total. The highest BCUT2D eigenvalue weighted by Crippen LogP contribution is 2.28. The minimum atomic E-state index is -3.78. The second-order valence-electron chi connectivity index (χ2n) is 5.22. The topological polar surface area (TPSA) is 92.4 Å². The van der Waals surface area contributed by atoms with Crippen molar-refractivity contribution in [2.45, 2.75) is 49.6 Å². The van der Waals surface area contributed by atoms with Crippen molar-refractivity contribution < 1.29 is 13.5 Å². The lowest BCUT2D eigenvalue weighted by Gasteiger charge is -2.28. The Morgan fingerprint density at radius 1 is 1.35 bits per heavy atom. The van der Waals surface area contributed by atoms with E-state index in [1.54, 1.807) is 6.92 Å². The minimum Gasteiger partial charge on any atom is -0.398 e. The van der Waals surface area contributed by atoms with Gasteiger partial charge in [-0.3, -0.25) is 0 Å². The standard InChI is InChI=1S/C13H19ClN2O3S/c1-8-6-9(14)13(7-10(8)15)20(18,19)16-11-4-2-3-5-12(11)17/h6-7,11-12,16-17H,2-5,15H2,1H3/t11-,12-/m1/s1. The Labute approximate surface area is 124 Å². The first-order chi connectivity index (χ1) is 9.31. The molecule has 4 N–H and O–H groups in total. The summed E-state index contributed by atoms with van der Waals surface area (Å²) in [5.74, 6) is 0. The number of benzene rings is 1. The monoisotopic (exact) mass is 318 g/mol. The highest BCUT2D eigenvalue weighted by atomic mass is 35.5. The second-order valence-corrected chi connectivity index (χ2v) is 7.31. The molecular weight excluding hydrogens is 300 g/mol. The highest BCUT2D eigenvalue weighted by molar-refractivity contribution is 7.89. The van der Waals surface area contributed by atoms with Crippen molar-refractivity contribution in [1.82, 2.24) is 4.72 Å². The summed E-state index contributed by atoms with van der Waals surface area (Å²) in [6, 6.07) is 2.42. The number of nitrogens with two attached hydrogens (primary N) is 1. The van der Waals surface area contributed by atoms with Crippen molar-refractivity contribution in [3.8, 4) is 0 Å². The normalized spacial score (nSPS) is 23.8. The van der Waals surface area contributed by atoms with Crippen molar-refractivity contribution in [2.75, 3.05) is 5.73 Å². The van der Waals surface area contributed by atoms with Gasteiger partial charge in [0.05, 0.1) is 11.1 Å². The molecule has 1 fully saturated rings. The largest absolute Gasteiger partial charge is 0.398 e. The SMILES string of the molecule is Cc1cc(Cl)c(S(=O)(=O)N[C@@H]2CCCC[C@H]2O)cc1N. The van der Waals surface area contributed by atoms with Gasteiger partial charge in [0, 0.05) is 11.7 Å². The van der Waals surface area contributed by atoms with Crippen molar-refractivity contribution in [3.05, 3.63) is 22.7 Å². The van der Waals surface area contributed by atoms with E-state index in [1.165, 1.54) is 12.1 Å². The van der Waals surface area contributed by atoms with Crippen molar-refractivity contribution in [3.63, 3.8) is 0 Å². The Morgan fingerprint density at radius 2 is 2.00 bits per heavy atom. The molecule has 1 aliphatic carbocycles. The molecule has 0 aromatic heterocycles. The molecule has 20 heavy (non-hydrogen) atoms. The molecule has 112 valence electrons. The van der Waals surface area contributed by atoms with Gasteiger partial charge in [-0.1, -0.05) is 24.4 Å². The summed E-state index contributed by atoms with van der Waals surface area (Å²) in [5.41, 5.74) is 6.85. The first-order valence-electron chi connectivity index (χ1n) is 6.57. The smallest absolute Gasteiger partial charge is 0.242 e. The molecule has 1 saturated carbocycles. The number of aryl methyl sites for hydroxylation is 1. The van der Waals surface area contributed by atoms with Crippen LogP contribution in [0.3, 0.4) is 0 Å². The van der Waals surface area contributed by atoms with E-state index < -0.39 is 22.2 Å². The molecule has 0 spiro atoms. The van der Waals surface area contributed by atoms with Gasteiger partial charge in [-0.15, -0.1) is 0 Å². The summed E-state index contributed by atoms with van der Waals surface area (Å²) in [6.45, 7) is 1.76. The van der Waals surface area contributed by atoms with Crippen molar-refractivity contribution >= 4 is 27.3 Å². The Morgan fingerprint density at radius 3 is 2.65 bits per heavy atom. The minimum absolute atomic E-state index is 0.0416. The third kappa shape index (κ3) is 3.25. The summed E-state index contributed by atoms with van der Waals surface area (Å²) in [6.07, 6.45) is 2.39. The quantitative estimate of drug-likeness (QED) is 0.741. The van der Waals surface area contributed by atoms with E-state index in [0.717, 1.165) is 18.4 Å². The number of hydrogen-bond acceptors (Lipinski definition) is 4. The van der Waals surface area contributed by atoms with Crippen LogP contribution >= 0.6 is 11.6 Å². The van der Waals surface area contributed by atoms with Gasteiger partial charge in [0.1, 0.15) is 4.90 Å². The molecule has 1 aliphatic rings. The molecule has 0 aliphatic heterocycles. The number of nitrogens with one attached hydrogen (secondary N) is 1. The fraction of sp³-hybridized carbons (Fsp3) is 0.538. The first kappa shape index (κ1) is 15.6. The zero-order valence-electron chi connectivity index (χ0n) is 11.3. The van der Waals surface area contributed by atoms with Crippen LogP contribution in [-0.4, -0.2) is 25.7 Å². The van der Waals surface area contributed by atoms with Gasteiger partial charge >= 0.3 is 0 Å². The third-order valence-corrected chi connectivity index (χ3v) is 5.60. The predicted octanol–water partition coefficient (Wildman–Crippen LogP) is 1.81. The van der Waals surface area contributed by atoms with E-state index in [-0.39, 0.29) is 9.92 Å². The number of sulfonamides is 1. The summed E-state index contributed by atoms with van der Waals surface area (Å²) in [7, 11) is -3.78. The fourth-order valence-electron chi connectivity index (χ4n) is 2.39. The third-order valence-electron chi connectivity index (χ3n) is 3.65. The number of anilines is 1. The van der Waals surface area contributed by atoms with Gasteiger partial charge in [-0.2, -0.15) is 0 Å². The lowest BCUT2D eigenvalue weighted by Crippen LogP contribution is -2.45. The van der Waals surface area contributed by atoms with Crippen molar-refractivity contribution in [1.29, 1.82) is 0 Å². The molecule has 0 unspecified atom stereocenters. The van der Waals surface area contributed by atoms with E-state index in [1.807, 2.05) is 0 Å². The average molecular weight is 319 g/mol. The average Bonchev–Trinajstić information content (AvgIpc) is 2.36. The molecule has 0 heterocycles. The number of nitrogen functional groups attached to an aromatic ring is 1. The number of aliphatic hydroxyl groups is 1. The number of hydrogen-bond donors (Lipinski definition) is 3. The van der Waals surface area contributed by atoms with Gasteiger partial charge in [0.25, 0.3) is 0 Å². The number of aliphatic hydroxyl groups excluding tert-OH is 1. The molecular formula is C13H19ClN2O3S. The van der Waals surface area contributed by atoms with E-state index in [4.69, 9.17) is 17.3 Å².